The first-order valence-corrected chi connectivity index (χ1v) is 45.9. The lowest BCUT2D eigenvalue weighted by Crippen LogP contribution is -2.29. The molecule has 10 aromatic carbocycles. The maximum atomic E-state index is 14.0. The Morgan fingerprint density at radius 3 is 1.22 bits per heavy atom. The minimum absolute atomic E-state index is 0.0191. The molecule has 15 rings (SSSR count). The lowest BCUT2D eigenvalue weighted by Gasteiger charge is -2.14. The summed E-state index contributed by atoms with van der Waals surface area (Å²) < 4.78 is 244. The largest absolute Gasteiger partial charge is 0.573 e. The van der Waals surface area contributed by atoms with Crippen molar-refractivity contribution in [2.75, 3.05) is 28.4 Å². The van der Waals surface area contributed by atoms with Gasteiger partial charge in [-0.05, 0) is 242 Å². The summed E-state index contributed by atoms with van der Waals surface area (Å²) >= 11 is 6.57. The van der Waals surface area contributed by atoms with E-state index < -0.39 is 90.0 Å². The van der Waals surface area contributed by atoms with E-state index in [0.717, 1.165) is 93.3 Å². The van der Waals surface area contributed by atoms with Crippen molar-refractivity contribution in [3.8, 4) is 22.6 Å². The van der Waals surface area contributed by atoms with E-state index in [1.807, 2.05) is 0 Å². The van der Waals surface area contributed by atoms with Gasteiger partial charge in [0.15, 0.2) is 6.29 Å². The first-order valence-electron chi connectivity index (χ1n) is 39.1. The number of aryl methyl sites for hydroxylation is 3. The molecule has 5 aromatic heterocycles. The summed E-state index contributed by atoms with van der Waals surface area (Å²) in [6, 6.07) is 44.7. The van der Waals surface area contributed by atoms with Gasteiger partial charge in [0.05, 0.1) is 54.2 Å². The molecule has 704 valence electrons. The van der Waals surface area contributed by atoms with Crippen LogP contribution in [0.1, 0.15) is 68.6 Å². The van der Waals surface area contributed by atoms with E-state index in [1.54, 1.807) is 94.0 Å². The first kappa shape index (κ1) is 105. The molecule has 0 atom stereocenters. The highest BCUT2D eigenvalue weighted by atomic mass is 79.9. The maximum absolute atomic E-state index is 14.0. The average molecular weight is 2070 g/mol. The van der Waals surface area contributed by atoms with Crippen molar-refractivity contribution in [1.82, 2.24) is 22.9 Å². The molecule has 0 saturated heterocycles. The number of nitrogens with one attached hydrogen (secondary N) is 3. The molecule has 0 aliphatic heterocycles. The van der Waals surface area contributed by atoms with Crippen molar-refractivity contribution in [3.63, 3.8) is 0 Å². The van der Waals surface area contributed by atoms with Crippen molar-refractivity contribution < 1.29 is 136 Å². The number of halogens is 14. The Kier molecular flexibility index (Phi) is 36.1. The normalized spacial score (nSPS) is 11.4. The fraction of sp³-hybridized carbons (Fsp3) is 0.163. The molecule has 134 heavy (non-hydrogen) atoms. The van der Waals surface area contributed by atoms with Crippen LogP contribution in [0, 0.1) is 49.9 Å². The topological polar surface area (TPSA) is 341 Å². The van der Waals surface area contributed by atoms with E-state index in [1.165, 1.54) is 150 Å². The number of esters is 4. The molecule has 5 heterocycles. The Balaban J connectivity index is 0.000000184. The lowest BCUT2D eigenvalue weighted by atomic mass is 9.80. The number of carbonyl (C=O) groups is 5. The van der Waals surface area contributed by atoms with Crippen LogP contribution < -0.4 is 14.9 Å². The van der Waals surface area contributed by atoms with E-state index in [2.05, 4.69) is 75.2 Å². The molecule has 0 radical (unpaired) electrons. The maximum Gasteiger partial charge on any atom is 0.573 e. The number of aldehydes is 1. The first-order chi connectivity index (χ1) is 63.2. The van der Waals surface area contributed by atoms with Gasteiger partial charge in [0.25, 0.3) is 29.1 Å². The molecule has 0 saturated carbocycles. The van der Waals surface area contributed by atoms with Crippen LogP contribution in [0.4, 0.5) is 48.3 Å². The van der Waals surface area contributed by atoms with Gasteiger partial charge in [-0.1, -0.05) is 80.4 Å². The van der Waals surface area contributed by atoms with Crippen LogP contribution in [-0.2, 0) is 86.5 Å². The second-order valence-corrected chi connectivity index (χ2v) is 36.3. The van der Waals surface area contributed by atoms with E-state index in [0.29, 0.717) is 89.8 Å². The second-order valence-electron chi connectivity index (χ2n) is 28.5. The predicted octanol–water partition coefficient (Wildman–Crippen LogP) is 20.2. The molecule has 0 bridgehead atoms. The molecule has 5 N–H and O–H groups in total. The lowest BCUT2D eigenvalue weighted by molar-refractivity contribution is -0.275. The summed E-state index contributed by atoms with van der Waals surface area (Å²) in [5.74, 6) is -4.35. The van der Waals surface area contributed by atoms with Crippen LogP contribution in [0.3, 0.4) is 0 Å². The number of ether oxygens (including phenoxy) is 6. The van der Waals surface area contributed by atoms with Crippen molar-refractivity contribution >= 4 is 175 Å². The van der Waals surface area contributed by atoms with Crippen LogP contribution in [0.2, 0.25) is 0 Å². The average Bonchev–Trinajstić information content (AvgIpc) is 1.59. The molecule has 0 amide bonds. The summed E-state index contributed by atoms with van der Waals surface area (Å²) in [5.41, 5.74) is 8.92. The van der Waals surface area contributed by atoms with Crippen molar-refractivity contribution in [2.45, 2.75) is 86.7 Å². The van der Waals surface area contributed by atoms with E-state index in [4.69, 9.17) is 20.7 Å². The highest BCUT2D eigenvalue weighted by Gasteiger charge is 2.33. The Bertz CT molecular complexity index is 7180. The van der Waals surface area contributed by atoms with Crippen LogP contribution in [-0.4, -0.2) is 137 Å². The van der Waals surface area contributed by atoms with Crippen LogP contribution >= 0.6 is 42.5 Å². The molecule has 0 unspecified atom stereocenters. The predicted molar refractivity (Wildman–Crippen MR) is 488 cm³/mol. The number of aromatic nitrogens is 5. The molecular weight excluding hydrogens is 1990 g/mol. The third-order valence-corrected chi connectivity index (χ3v) is 26.6. The number of fused-ring (bicyclic) bond motifs is 5. The number of aromatic amines is 3. The van der Waals surface area contributed by atoms with Crippen molar-refractivity contribution in [1.29, 1.82) is 0 Å². The molecule has 42 heteroatoms. The molecular formula is C92H78BBr2ClF11N5O19S3. The number of carbonyl (C=O) groups excluding carboxylic acids is 5. The molecule has 0 spiro atoms. The summed E-state index contributed by atoms with van der Waals surface area (Å²) in [5, 5.41) is 20.3. The minimum Gasteiger partial charge on any atom is -0.469 e. The van der Waals surface area contributed by atoms with E-state index in [-0.39, 0.29) is 74.8 Å². The van der Waals surface area contributed by atoms with Crippen LogP contribution in [0.5, 0.6) is 11.5 Å². The molecule has 0 aliphatic carbocycles. The quantitative estimate of drug-likeness (QED) is 0.00848. The van der Waals surface area contributed by atoms with Gasteiger partial charge in [-0.15, -0.1) is 26.3 Å². The SMILES string of the molecule is COC(=O)/C=C/c1c[nH]c2ccc(F)cc12.COC(=O)CCc1c[nH]c2ccc(F)cc12.COC(=O)CCc1cn(S(=O)(=O)c2cccc(-c3ccc(OC(F)(F)F)cc3)c2C)c2ccc(F)cc12.COC(=O)CCc1cn(S(=O)(=O)c2cccc(Br)c2C)c2ccc(F)cc12.Cc1c(Br)cccc1S(=O)(=O)Cl.O=Cc1c[nH]c2ccc(F)cc12.OB(O)c1ccc(OC(F)(F)F)cc1. The summed E-state index contributed by atoms with van der Waals surface area (Å²) in [7, 11) is -3.04. The zero-order chi connectivity index (χ0) is 98.5. The van der Waals surface area contributed by atoms with Gasteiger partial charge in [0.1, 0.15) is 40.6 Å². The summed E-state index contributed by atoms with van der Waals surface area (Å²) in [4.78, 5) is 64.6. The minimum atomic E-state index is -4.83. The number of hydrogen-bond donors (Lipinski definition) is 5. The van der Waals surface area contributed by atoms with Gasteiger partial charge in [0.2, 0.25) is 0 Å². The molecule has 0 fully saturated rings. The monoisotopic (exact) mass is 2070 g/mol. The molecule has 24 nitrogen and oxygen atoms in total. The van der Waals surface area contributed by atoms with Gasteiger partial charge >= 0.3 is 43.7 Å². The molecule has 0 aliphatic rings. The Labute approximate surface area is 780 Å². The smallest absolute Gasteiger partial charge is 0.469 e. The van der Waals surface area contributed by atoms with E-state index in [9.17, 15) is 97.5 Å². The Hall–Kier alpha value is -12.9. The van der Waals surface area contributed by atoms with Crippen molar-refractivity contribution in [3.05, 3.63) is 314 Å². The van der Waals surface area contributed by atoms with Gasteiger partial charge in [0, 0.05) is 131 Å². The number of methoxy groups -OCH3 is 4. The summed E-state index contributed by atoms with van der Waals surface area (Å²) in [6.45, 7) is 4.99. The zero-order valence-electron chi connectivity index (χ0n) is 71.2. The van der Waals surface area contributed by atoms with Gasteiger partial charge in [-0.25, -0.2) is 59.9 Å². The number of alkyl halides is 6. The molecule has 15 aromatic rings. The third-order valence-electron chi connectivity index (χ3n) is 19.8. The Morgan fingerprint density at radius 2 is 0.813 bits per heavy atom. The van der Waals surface area contributed by atoms with E-state index >= 15 is 0 Å². The third kappa shape index (κ3) is 28.1. The van der Waals surface area contributed by atoms with Crippen LogP contribution in [0.25, 0.3) is 71.7 Å². The zero-order valence-corrected chi connectivity index (χ0v) is 77.5. The van der Waals surface area contributed by atoms with Crippen molar-refractivity contribution in [2.24, 2.45) is 0 Å². The number of H-pyrrole nitrogens is 3. The second kappa shape index (κ2) is 46.2. The number of hydrogen-bond acceptors (Lipinski definition) is 19. The fourth-order valence-electron chi connectivity index (χ4n) is 13.2. The van der Waals surface area contributed by atoms with Crippen LogP contribution in [0.15, 0.2) is 255 Å². The standard InChI is InChI=1S/C26H21F4NO5S.C19H17BrFNO4S.C12H12FNO2.C12H10FNO2.C9H6FNO.C7H6BF3O3.C7H6BrClO2S/c1-16-21(17-6-10-20(11-7-17)36-26(28,29)30)4-3-5-24(16)37(33,34)31-15-18(8-13-25(32)35-2)22-14-19(27)9-12-23(22)31;1-12-16(20)4-3-5-18(12)27(24,25)22-11-13(6-9-19(23)26-2)15-10-14(21)7-8-17(15)22;2*1-16-12(15)5-2-8-7-14-11-4-3-9(13)6-10(8)11;10-7-1-2-9-8(3-7)6(5-12)4-11-9;9-7(10,11)14-6-3-1-5(2-4-6)8(12)13;1-5-6(8)3-2-4-7(5)12(9,10)11/h3-7,9-12,14-15H,8,13H2,1-2H3;3-5,7-8,10-11H,6,9H2,1-2H3;3-4,6-7,14H,2,5H2,1H3;2-7,14H,1H3;1-5,11H;1-4,12-13H;2-4H,1H3/b;;;5-2+;;;. The number of nitrogens with zero attached hydrogens (tertiary/aromatic N) is 2. The Morgan fingerprint density at radius 1 is 0.448 bits per heavy atom. The fourth-order valence-corrected chi connectivity index (χ4v) is 18.7. The number of benzene rings is 10. The van der Waals surface area contributed by atoms with Gasteiger partial charge in [-0.2, -0.15) is 0 Å². The highest BCUT2D eigenvalue weighted by Crippen LogP contribution is 2.37. The number of rotatable bonds is 21. The highest BCUT2D eigenvalue weighted by molar-refractivity contribution is 9.10. The van der Waals surface area contributed by atoms with Gasteiger partial charge < -0.3 is 53.4 Å². The van der Waals surface area contributed by atoms with Gasteiger partial charge in [-0.3, -0.25) is 19.2 Å². The summed E-state index contributed by atoms with van der Waals surface area (Å²) in [6.07, 6.45) is 3.20.